The van der Waals surface area contributed by atoms with Crippen LogP contribution in [0.15, 0.2) is 93.6 Å². The van der Waals surface area contributed by atoms with Gasteiger partial charge in [-0.2, -0.15) is 0 Å². The predicted molar refractivity (Wildman–Crippen MR) is 132 cm³/mol. The van der Waals surface area contributed by atoms with E-state index in [0.29, 0.717) is 17.0 Å². The molecule has 5 rings (SSSR count). The van der Waals surface area contributed by atoms with Crippen LogP contribution in [-0.4, -0.2) is 24.9 Å². The Hall–Kier alpha value is -4.24. The number of rotatable bonds is 5. The molecule has 0 atom stereocenters. The Balaban J connectivity index is 1.82. The van der Waals surface area contributed by atoms with E-state index in [1.54, 1.807) is 60.3 Å². The standard InChI is InChI=1S/C26H22N4O4S/c1-17-6-12-20(13-7-17)35(32,33)22-15-21-25(28-23-5-3-4-14-29(23)26(21)31)30(24(22)27)16-18-8-10-19(34-2)11-9-18/h3-15,27H,16H2,1-2H3/p+1. The maximum atomic E-state index is 13.6. The maximum absolute atomic E-state index is 13.6. The number of benzene rings is 2. The van der Waals surface area contributed by atoms with Crippen LogP contribution in [0.4, 0.5) is 5.82 Å². The van der Waals surface area contributed by atoms with Crippen LogP contribution < -0.4 is 20.6 Å². The molecule has 5 aromatic rings. The lowest BCUT2D eigenvalue weighted by Crippen LogP contribution is -2.42. The molecule has 0 spiro atoms. The minimum absolute atomic E-state index is 0.000995. The third-order valence-electron chi connectivity index (χ3n) is 5.94. The van der Waals surface area contributed by atoms with E-state index in [4.69, 9.17) is 10.5 Å². The lowest BCUT2D eigenvalue weighted by molar-refractivity contribution is -0.651. The number of methoxy groups -OCH3 is 1. The molecule has 0 amide bonds. The van der Waals surface area contributed by atoms with E-state index in [0.717, 1.165) is 11.1 Å². The number of anilines is 1. The Bertz CT molecular complexity index is 1740. The smallest absolute Gasteiger partial charge is 0.278 e. The third kappa shape index (κ3) is 3.89. The van der Waals surface area contributed by atoms with Crippen LogP contribution in [0.5, 0.6) is 5.75 Å². The summed E-state index contributed by atoms with van der Waals surface area (Å²) in [6, 6.07) is 20.4. The van der Waals surface area contributed by atoms with Crippen molar-refractivity contribution < 1.29 is 17.7 Å². The van der Waals surface area contributed by atoms with Gasteiger partial charge in [-0.15, -0.1) is 0 Å². The number of nitrogens with two attached hydrogens (primary N) is 1. The van der Waals surface area contributed by atoms with E-state index in [1.807, 2.05) is 19.1 Å². The number of sulfone groups is 1. The largest absolute Gasteiger partial charge is 0.497 e. The van der Waals surface area contributed by atoms with Crippen molar-refractivity contribution >= 4 is 32.3 Å². The lowest BCUT2D eigenvalue weighted by atomic mass is 10.2. The molecule has 8 nitrogen and oxygen atoms in total. The molecule has 0 radical (unpaired) electrons. The van der Waals surface area contributed by atoms with Crippen molar-refractivity contribution in [3.05, 3.63) is 100 Å². The van der Waals surface area contributed by atoms with Crippen LogP contribution in [0.1, 0.15) is 11.1 Å². The zero-order valence-electron chi connectivity index (χ0n) is 19.2. The van der Waals surface area contributed by atoms with Gasteiger partial charge in [0.05, 0.1) is 18.6 Å². The number of aromatic nitrogens is 3. The molecular formula is C26H23N4O4S+. The maximum Gasteiger partial charge on any atom is 0.278 e. The highest BCUT2D eigenvalue weighted by Gasteiger charge is 2.29. The molecule has 0 aliphatic rings. The van der Waals surface area contributed by atoms with Crippen molar-refractivity contribution in [2.75, 3.05) is 12.8 Å². The lowest BCUT2D eigenvalue weighted by Gasteiger charge is -2.13. The molecule has 2 N–H and O–H groups in total. The Morgan fingerprint density at radius 2 is 1.74 bits per heavy atom. The van der Waals surface area contributed by atoms with Crippen LogP contribution in [0, 0.1) is 6.92 Å². The molecule has 0 aliphatic heterocycles. The summed E-state index contributed by atoms with van der Waals surface area (Å²) in [5, 5.41) is 0.155. The zero-order chi connectivity index (χ0) is 24.7. The highest BCUT2D eigenvalue weighted by atomic mass is 32.2. The van der Waals surface area contributed by atoms with Crippen LogP contribution in [0.2, 0.25) is 0 Å². The van der Waals surface area contributed by atoms with Gasteiger partial charge < -0.3 is 10.5 Å². The first kappa shape index (κ1) is 22.5. The first-order valence-electron chi connectivity index (χ1n) is 10.9. The summed E-state index contributed by atoms with van der Waals surface area (Å²) in [5.41, 5.74) is 8.63. The molecule has 0 unspecified atom stereocenters. The summed E-state index contributed by atoms with van der Waals surface area (Å²) in [6.45, 7) is 2.08. The Kier molecular flexibility index (Phi) is 5.49. The van der Waals surface area contributed by atoms with Gasteiger partial charge in [0.2, 0.25) is 21.3 Å². The molecule has 0 fully saturated rings. The van der Waals surface area contributed by atoms with Gasteiger partial charge >= 0.3 is 0 Å². The van der Waals surface area contributed by atoms with E-state index >= 15 is 0 Å². The topological polar surface area (TPSA) is 108 Å². The van der Waals surface area contributed by atoms with Crippen molar-refractivity contribution in [1.82, 2.24) is 9.38 Å². The Labute approximate surface area is 201 Å². The summed E-state index contributed by atoms with van der Waals surface area (Å²) >= 11 is 0. The molecule has 3 aromatic heterocycles. The van der Waals surface area contributed by atoms with Gasteiger partial charge in [0.25, 0.3) is 11.2 Å². The quantitative estimate of drug-likeness (QED) is 0.302. The van der Waals surface area contributed by atoms with Crippen molar-refractivity contribution in [2.24, 2.45) is 0 Å². The number of hydrogen-bond donors (Lipinski definition) is 1. The number of fused-ring (bicyclic) bond motifs is 2. The molecule has 0 saturated carbocycles. The van der Waals surface area contributed by atoms with Gasteiger partial charge in [0, 0.05) is 6.20 Å². The second-order valence-electron chi connectivity index (χ2n) is 8.23. The monoisotopic (exact) mass is 487 g/mol. The molecule has 0 bridgehead atoms. The summed E-state index contributed by atoms with van der Waals surface area (Å²) in [7, 11) is -2.43. The van der Waals surface area contributed by atoms with Crippen LogP contribution >= 0.6 is 0 Å². The number of nitrogen functional groups attached to an aromatic ring is 1. The minimum Gasteiger partial charge on any atom is -0.497 e. The summed E-state index contributed by atoms with van der Waals surface area (Å²) in [5.74, 6) is 0.690. The molecular weight excluding hydrogens is 464 g/mol. The summed E-state index contributed by atoms with van der Waals surface area (Å²) < 4.78 is 35.5. The van der Waals surface area contributed by atoms with E-state index < -0.39 is 9.84 Å². The van der Waals surface area contributed by atoms with Gasteiger partial charge in [-0.25, -0.2) is 13.0 Å². The van der Waals surface area contributed by atoms with Gasteiger partial charge in [0.1, 0.15) is 16.0 Å². The number of pyridine rings is 2. The molecule has 2 aromatic carbocycles. The number of ether oxygens (including phenoxy) is 1. The first-order valence-corrected chi connectivity index (χ1v) is 12.4. The van der Waals surface area contributed by atoms with Crippen molar-refractivity contribution in [3.63, 3.8) is 0 Å². The predicted octanol–water partition coefficient (Wildman–Crippen LogP) is 2.92. The second-order valence-corrected chi connectivity index (χ2v) is 10.1. The van der Waals surface area contributed by atoms with E-state index in [-0.39, 0.29) is 33.1 Å². The molecule has 0 saturated heterocycles. The SMILES string of the molecule is COc1ccc(C[n+]2c(N)c(S(=O)(=O)c3ccc(C)cc3)cc3c(=O)n4ccccc4nc32)cc1. The molecule has 9 heteroatoms. The third-order valence-corrected chi connectivity index (χ3v) is 7.74. The Morgan fingerprint density at radius 3 is 2.43 bits per heavy atom. The van der Waals surface area contributed by atoms with Gasteiger partial charge in [-0.05, 0) is 55.0 Å². The van der Waals surface area contributed by atoms with Crippen molar-refractivity contribution in [3.8, 4) is 5.75 Å². The fourth-order valence-electron chi connectivity index (χ4n) is 4.01. The van der Waals surface area contributed by atoms with Gasteiger partial charge in [0.15, 0.2) is 0 Å². The first-order chi connectivity index (χ1) is 16.8. The average molecular weight is 488 g/mol. The summed E-state index contributed by atoms with van der Waals surface area (Å²) in [6.07, 6.45) is 1.60. The normalized spacial score (nSPS) is 11.7. The van der Waals surface area contributed by atoms with Crippen LogP contribution in [0.3, 0.4) is 0 Å². The highest BCUT2D eigenvalue weighted by Crippen LogP contribution is 2.27. The fourth-order valence-corrected chi connectivity index (χ4v) is 5.42. The minimum atomic E-state index is -4.02. The van der Waals surface area contributed by atoms with Crippen LogP contribution in [0.25, 0.3) is 16.7 Å². The van der Waals surface area contributed by atoms with Gasteiger partial charge in [-0.1, -0.05) is 40.9 Å². The van der Waals surface area contributed by atoms with E-state index in [2.05, 4.69) is 4.98 Å². The molecule has 176 valence electrons. The highest BCUT2D eigenvalue weighted by molar-refractivity contribution is 7.91. The van der Waals surface area contributed by atoms with Gasteiger partial charge in [-0.3, -0.25) is 9.20 Å². The fraction of sp³-hybridized carbons (Fsp3) is 0.115. The number of hydrogen-bond acceptors (Lipinski definition) is 6. The van der Waals surface area contributed by atoms with Crippen molar-refractivity contribution in [1.29, 1.82) is 0 Å². The van der Waals surface area contributed by atoms with Crippen LogP contribution in [-0.2, 0) is 16.4 Å². The molecule has 0 aliphatic carbocycles. The average Bonchev–Trinajstić information content (AvgIpc) is 2.86. The Morgan fingerprint density at radius 1 is 1.03 bits per heavy atom. The summed E-state index contributed by atoms with van der Waals surface area (Å²) in [4.78, 5) is 18.0. The number of aryl methyl sites for hydroxylation is 1. The zero-order valence-corrected chi connectivity index (χ0v) is 20.0. The number of nitrogens with zero attached hydrogens (tertiary/aromatic N) is 3. The molecule has 3 heterocycles. The second kappa shape index (κ2) is 8.52. The van der Waals surface area contributed by atoms with E-state index in [1.165, 1.54) is 22.6 Å². The molecule has 35 heavy (non-hydrogen) atoms. The van der Waals surface area contributed by atoms with E-state index in [9.17, 15) is 13.2 Å². The van der Waals surface area contributed by atoms with Crippen molar-refractivity contribution in [2.45, 2.75) is 23.3 Å².